The molecule has 10 heteroatoms. The minimum atomic E-state index is -3.91. The van der Waals surface area contributed by atoms with E-state index in [-0.39, 0.29) is 16.5 Å². The van der Waals surface area contributed by atoms with Gasteiger partial charge in [0.05, 0.1) is 24.8 Å². The quantitative estimate of drug-likeness (QED) is 0.207. The number of nitrogens with one attached hydrogen (secondary N) is 2. The fraction of sp³-hybridized carbons (Fsp3) is 0.107. The van der Waals surface area contributed by atoms with Crippen LogP contribution in [0.2, 0.25) is 5.02 Å². The normalized spacial score (nSPS) is 11.0. The number of carbonyl (C=O) groups excluding carboxylic acids is 1. The number of amides is 1. The van der Waals surface area contributed by atoms with Crippen molar-refractivity contribution < 1.29 is 22.7 Å². The lowest BCUT2D eigenvalue weighted by atomic mass is 10.1. The molecule has 4 rings (SSSR count). The summed E-state index contributed by atoms with van der Waals surface area (Å²) in [5, 5.41) is 3.49. The molecule has 38 heavy (non-hydrogen) atoms. The molecule has 0 saturated carbocycles. The summed E-state index contributed by atoms with van der Waals surface area (Å²) >= 11 is 7.61. The lowest BCUT2D eigenvalue weighted by Gasteiger charge is -2.13. The van der Waals surface area contributed by atoms with E-state index in [1.807, 2.05) is 36.4 Å². The van der Waals surface area contributed by atoms with Gasteiger partial charge < -0.3 is 14.8 Å². The Hall–Kier alpha value is -3.66. The smallest absolute Gasteiger partial charge is 0.262 e. The highest BCUT2D eigenvalue weighted by atomic mass is 35.5. The second-order valence-electron chi connectivity index (χ2n) is 8.09. The van der Waals surface area contributed by atoms with Crippen LogP contribution < -0.4 is 19.5 Å². The van der Waals surface area contributed by atoms with Gasteiger partial charge in [0, 0.05) is 33.0 Å². The number of anilines is 2. The first-order valence-electron chi connectivity index (χ1n) is 11.4. The van der Waals surface area contributed by atoms with E-state index in [0.29, 0.717) is 27.8 Å². The van der Waals surface area contributed by atoms with Crippen LogP contribution in [0.4, 0.5) is 11.4 Å². The summed E-state index contributed by atoms with van der Waals surface area (Å²) < 4.78 is 38.8. The second-order valence-corrected chi connectivity index (χ2v) is 11.3. The average Bonchev–Trinajstić information content (AvgIpc) is 2.93. The summed E-state index contributed by atoms with van der Waals surface area (Å²) in [6.45, 7) is 0. The van der Waals surface area contributed by atoms with Crippen molar-refractivity contribution in [2.45, 2.75) is 15.5 Å². The number of hydrogen-bond donors (Lipinski definition) is 2. The number of rotatable bonds is 10. The maximum atomic E-state index is 12.9. The number of benzene rings is 4. The van der Waals surface area contributed by atoms with Gasteiger partial charge in [-0.05, 0) is 78.4 Å². The fourth-order valence-corrected chi connectivity index (χ4v) is 5.51. The molecule has 0 atom stereocenters. The van der Waals surface area contributed by atoms with Gasteiger partial charge in [-0.2, -0.15) is 0 Å². The van der Waals surface area contributed by atoms with Crippen LogP contribution in [-0.4, -0.2) is 28.5 Å². The average molecular weight is 569 g/mol. The van der Waals surface area contributed by atoms with Gasteiger partial charge in [0.15, 0.2) is 0 Å². The summed E-state index contributed by atoms with van der Waals surface area (Å²) in [4.78, 5) is 13.8. The number of thioether (sulfide) groups is 1. The Kier molecular flexibility index (Phi) is 8.83. The van der Waals surface area contributed by atoms with Crippen molar-refractivity contribution in [1.29, 1.82) is 0 Å². The van der Waals surface area contributed by atoms with E-state index in [0.717, 1.165) is 16.2 Å². The summed E-state index contributed by atoms with van der Waals surface area (Å²) in [7, 11) is -0.969. The lowest BCUT2D eigenvalue weighted by Crippen LogP contribution is -2.14. The molecule has 0 bridgehead atoms. The SMILES string of the molecule is COc1ccc(OC)c(NS(=O)(=O)c2ccc(NC(=O)c3ccc(CSc4ccc(Cl)cc4)cc3)cc2)c1. The largest absolute Gasteiger partial charge is 0.497 e. The summed E-state index contributed by atoms with van der Waals surface area (Å²) in [5.41, 5.74) is 2.29. The van der Waals surface area contributed by atoms with Crippen LogP contribution in [0.15, 0.2) is 101 Å². The zero-order valence-corrected chi connectivity index (χ0v) is 23.0. The van der Waals surface area contributed by atoms with Crippen molar-refractivity contribution in [3.63, 3.8) is 0 Å². The van der Waals surface area contributed by atoms with Crippen molar-refractivity contribution in [3.05, 3.63) is 107 Å². The minimum absolute atomic E-state index is 0.0305. The van der Waals surface area contributed by atoms with Crippen molar-refractivity contribution in [2.75, 3.05) is 24.3 Å². The third-order valence-electron chi connectivity index (χ3n) is 5.51. The van der Waals surface area contributed by atoms with Crippen molar-refractivity contribution >= 4 is 50.7 Å². The van der Waals surface area contributed by atoms with Crippen LogP contribution in [0.1, 0.15) is 15.9 Å². The number of halogens is 1. The second kappa shape index (κ2) is 12.3. The molecule has 2 N–H and O–H groups in total. The van der Waals surface area contributed by atoms with Crippen LogP contribution >= 0.6 is 23.4 Å². The first kappa shape index (κ1) is 27.4. The molecule has 0 radical (unpaired) electrons. The first-order valence-corrected chi connectivity index (χ1v) is 14.3. The van der Waals surface area contributed by atoms with Gasteiger partial charge in [0.2, 0.25) is 0 Å². The Morgan fingerprint density at radius 3 is 2.18 bits per heavy atom. The molecular formula is C28H25ClN2O5S2. The third kappa shape index (κ3) is 7.00. The monoisotopic (exact) mass is 568 g/mol. The Morgan fingerprint density at radius 2 is 1.55 bits per heavy atom. The van der Waals surface area contributed by atoms with Gasteiger partial charge in [-0.15, -0.1) is 11.8 Å². The molecule has 0 heterocycles. The van der Waals surface area contributed by atoms with E-state index in [2.05, 4.69) is 10.0 Å². The van der Waals surface area contributed by atoms with E-state index in [9.17, 15) is 13.2 Å². The first-order chi connectivity index (χ1) is 18.3. The number of carbonyl (C=O) groups is 1. The fourth-order valence-electron chi connectivity index (χ4n) is 3.47. The molecule has 7 nitrogen and oxygen atoms in total. The molecule has 0 unspecified atom stereocenters. The molecule has 0 aliphatic rings. The highest BCUT2D eigenvalue weighted by Crippen LogP contribution is 2.31. The minimum Gasteiger partial charge on any atom is -0.497 e. The van der Waals surface area contributed by atoms with Crippen LogP contribution in [0.5, 0.6) is 11.5 Å². The van der Waals surface area contributed by atoms with Gasteiger partial charge in [-0.25, -0.2) is 8.42 Å². The molecule has 196 valence electrons. The lowest BCUT2D eigenvalue weighted by molar-refractivity contribution is 0.102. The van der Waals surface area contributed by atoms with E-state index in [1.165, 1.54) is 44.6 Å². The Morgan fingerprint density at radius 1 is 0.868 bits per heavy atom. The summed E-state index contributed by atoms with van der Waals surface area (Å²) in [6, 6.07) is 25.7. The topological polar surface area (TPSA) is 93.7 Å². The molecule has 0 saturated heterocycles. The maximum Gasteiger partial charge on any atom is 0.262 e. The van der Waals surface area contributed by atoms with Crippen molar-refractivity contribution in [2.24, 2.45) is 0 Å². The number of sulfonamides is 1. The van der Waals surface area contributed by atoms with Crippen molar-refractivity contribution in [1.82, 2.24) is 0 Å². The highest BCUT2D eigenvalue weighted by molar-refractivity contribution is 7.98. The predicted octanol–water partition coefficient (Wildman–Crippen LogP) is 6.70. The van der Waals surface area contributed by atoms with Gasteiger partial charge in [0.1, 0.15) is 11.5 Å². The van der Waals surface area contributed by atoms with Crippen molar-refractivity contribution in [3.8, 4) is 11.5 Å². The molecule has 1 amide bonds. The summed E-state index contributed by atoms with van der Waals surface area (Å²) in [5.74, 6) is 1.30. The maximum absolute atomic E-state index is 12.9. The molecule has 0 aliphatic carbocycles. The summed E-state index contributed by atoms with van der Waals surface area (Å²) in [6.07, 6.45) is 0. The predicted molar refractivity (Wildman–Crippen MR) is 152 cm³/mol. The van der Waals surface area contributed by atoms with E-state index in [1.54, 1.807) is 36.0 Å². The molecule has 0 aliphatic heterocycles. The Labute approximate surface area is 231 Å². The standard InChI is InChI=1S/C28H25ClN2O5S2/c1-35-23-11-16-27(36-2)26(17-23)31-38(33,34)25-14-9-22(10-15-25)30-28(32)20-5-3-19(4-6-20)18-37-24-12-7-21(29)8-13-24/h3-17,31H,18H2,1-2H3,(H,30,32). The number of hydrogen-bond acceptors (Lipinski definition) is 6. The van der Waals surface area contributed by atoms with E-state index in [4.69, 9.17) is 21.1 Å². The van der Waals surface area contributed by atoms with Gasteiger partial charge >= 0.3 is 0 Å². The van der Waals surface area contributed by atoms with Crippen LogP contribution in [0.3, 0.4) is 0 Å². The molecule has 4 aromatic rings. The molecule has 0 spiro atoms. The van der Waals surface area contributed by atoms with Crippen LogP contribution in [0, 0.1) is 0 Å². The third-order valence-corrected chi connectivity index (χ3v) is 8.23. The van der Waals surface area contributed by atoms with E-state index < -0.39 is 10.0 Å². The molecular weight excluding hydrogens is 544 g/mol. The molecule has 4 aromatic carbocycles. The zero-order valence-electron chi connectivity index (χ0n) is 20.6. The van der Waals surface area contributed by atoms with Gasteiger partial charge in [0.25, 0.3) is 15.9 Å². The Balaban J connectivity index is 1.37. The van der Waals surface area contributed by atoms with E-state index >= 15 is 0 Å². The highest BCUT2D eigenvalue weighted by Gasteiger charge is 2.18. The van der Waals surface area contributed by atoms with Crippen LogP contribution in [-0.2, 0) is 15.8 Å². The molecule has 0 fully saturated rings. The Bertz CT molecular complexity index is 1510. The van der Waals surface area contributed by atoms with Gasteiger partial charge in [-0.3, -0.25) is 9.52 Å². The molecule has 0 aromatic heterocycles. The zero-order chi connectivity index (χ0) is 27.1. The van der Waals surface area contributed by atoms with Crippen LogP contribution in [0.25, 0.3) is 0 Å². The van der Waals surface area contributed by atoms with Gasteiger partial charge in [-0.1, -0.05) is 23.7 Å². The number of ether oxygens (including phenoxy) is 2. The number of methoxy groups -OCH3 is 2.